The molecule has 2 amide bonds. The van der Waals surface area contributed by atoms with Crippen LogP contribution in [-0.4, -0.2) is 49.0 Å². The van der Waals surface area contributed by atoms with Crippen molar-refractivity contribution in [3.05, 3.63) is 149 Å². The third-order valence-corrected chi connectivity index (χ3v) is 8.66. The summed E-state index contributed by atoms with van der Waals surface area (Å²) in [5.74, 6) is -0.260. The summed E-state index contributed by atoms with van der Waals surface area (Å²) in [6, 6.07) is 29.7. The number of hydrogen-bond acceptors (Lipinski definition) is 4. The van der Waals surface area contributed by atoms with E-state index in [1.165, 1.54) is 5.56 Å². The minimum absolute atomic E-state index is 0.0407. The monoisotopic (exact) mass is 595 g/mol. The van der Waals surface area contributed by atoms with E-state index in [9.17, 15) is 9.59 Å². The maximum atomic E-state index is 14.5. The van der Waals surface area contributed by atoms with Gasteiger partial charge in [0.25, 0.3) is 0 Å². The first-order valence-electron chi connectivity index (χ1n) is 15.3. The molecule has 7 heteroatoms. The van der Waals surface area contributed by atoms with Gasteiger partial charge in [-0.05, 0) is 64.9 Å². The highest BCUT2D eigenvalue weighted by Gasteiger charge is 2.34. The number of fused-ring (bicyclic) bond motifs is 1. The van der Waals surface area contributed by atoms with Crippen LogP contribution in [0.5, 0.6) is 0 Å². The smallest absolute Gasteiger partial charge is 0.247 e. The molecule has 2 aromatic heterocycles. The zero-order chi connectivity index (χ0) is 31.2. The summed E-state index contributed by atoms with van der Waals surface area (Å²) in [6.45, 7) is 3.41. The molecular formula is C38H37N5O2. The summed E-state index contributed by atoms with van der Waals surface area (Å²) in [4.78, 5) is 36.5. The average molecular weight is 596 g/mol. The maximum absolute atomic E-state index is 14.5. The lowest BCUT2D eigenvalue weighted by atomic mass is 9.97. The number of hydrogen-bond donors (Lipinski definition) is 0. The molecule has 6 rings (SSSR count). The Kier molecular flexibility index (Phi) is 8.96. The largest absolute Gasteiger partial charge is 0.336 e. The number of rotatable bonds is 9. The van der Waals surface area contributed by atoms with Crippen molar-refractivity contribution in [2.45, 2.75) is 38.9 Å². The van der Waals surface area contributed by atoms with Crippen molar-refractivity contribution in [3.63, 3.8) is 0 Å². The Morgan fingerprint density at radius 3 is 2.27 bits per heavy atom. The van der Waals surface area contributed by atoms with Crippen LogP contribution in [-0.2, 0) is 42.6 Å². The Morgan fingerprint density at radius 1 is 0.867 bits per heavy atom. The molecule has 0 radical (unpaired) electrons. The van der Waals surface area contributed by atoms with Crippen LogP contribution in [0.4, 0.5) is 0 Å². The highest BCUT2D eigenvalue weighted by molar-refractivity contribution is 5.96. The summed E-state index contributed by atoms with van der Waals surface area (Å²) in [7, 11) is 1.88. The summed E-state index contributed by atoms with van der Waals surface area (Å²) in [5.41, 5.74) is 8.35. The van der Waals surface area contributed by atoms with Crippen molar-refractivity contribution in [1.82, 2.24) is 24.6 Å². The molecule has 1 aliphatic heterocycles. The molecular weight excluding hydrogens is 558 g/mol. The molecule has 0 saturated carbocycles. The second-order valence-electron chi connectivity index (χ2n) is 11.5. The van der Waals surface area contributed by atoms with Crippen LogP contribution in [0.2, 0.25) is 0 Å². The Bertz CT molecular complexity index is 1800. The van der Waals surface area contributed by atoms with E-state index < -0.39 is 6.04 Å². The normalized spacial score (nSPS) is 13.4. The number of carbonyl (C=O) groups excluding carboxylic acids is 2. The standard InChI is InChI=1S/C38H37N5O2/c1-28-34(25-40-41(28)2)16-17-37(44)43(26-30-12-14-32(15-13-30)33-18-21-39-22-19-33)36(24-29-8-4-3-5-9-29)38(45)42-23-20-31-10-6-7-11-35(31)27-42/h3-19,21-22,25,36H,20,23-24,26-27H2,1-2H3. The Morgan fingerprint density at radius 2 is 1.56 bits per heavy atom. The van der Waals surface area contributed by atoms with Crippen LogP contribution in [0.25, 0.3) is 17.2 Å². The molecule has 7 nitrogen and oxygen atoms in total. The molecule has 3 aromatic carbocycles. The molecule has 0 spiro atoms. The van der Waals surface area contributed by atoms with Crippen molar-refractivity contribution in [1.29, 1.82) is 0 Å². The van der Waals surface area contributed by atoms with E-state index in [1.807, 2.05) is 85.6 Å². The second kappa shape index (κ2) is 13.6. The van der Waals surface area contributed by atoms with Gasteiger partial charge in [-0.1, -0.05) is 78.9 Å². The van der Waals surface area contributed by atoms with E-state index in [-0.39, 0.29) is 11.8 Å². The van der Waals surface area contributed by atoms with Crippen LogP contribution in [0.3, 0.4) is 0 Å². The summed E-state index contributed by atoms with van der Waals surface area (Å²) < 4.78 is 1.78. The number of amides is 2. The highest BCUT2D eigenvalue weighted by atomic mass is 16.2. The van der Waals surface area contributed by atoms with Gasteiger partial charge in [0, 0.05) is 62.8 Å². The molecule has 226 valence electrons. The number of benzene rings is 3. The molecule has 5 aromatic rings. The fourth-order valence-corrected chi connectivity index (χ4v) is 5.88. The first-order valence-corrected chi connectivity index (χ1v) is 15.3. The highest BCUT2D eigenvalue weighted by Crippen LogP contribution is 2.24. The quantitative estimate of drug-likeness (QED) is 0.195. The number of aryl methyl sites for hydroxylation is 1. The molecule has 0 N–H and O–H groups in total. The van der Waals surface area contributed by atoms with Gasteiger partial charge in [0.1, 0.15) is 6.04 Å². The number of aromatic nitrogens is 3. The zero-order valence-corrected chi connectivity index (χ0v) is 25.7. The first kappa shape index (κ1) is 29.8. The summed E-state index contributed by atoms with van der Waals surface area (Å²) in [6.07, 6.45) is 9.89. The summed E-state index contributed by atoms with van der Waals surface area (Å²) >= 11 is 0. The van der Waals surface area contributed by atoms with E-state index in [0.29, 0.717) is 26.1 Å². The van der Waals surface area contributed by atoms with E-state index in [4.69, 9.17) is 0 Å². The van der Waals surface area contributed by atoms with Gasteiger partial charge < -0.3 is 9.80 Å². The molecule has 0 saturated heterocycles. The first-order chi connectivity index (χ1) is 22.0. The number of pyridine rings is 1. The molecule has 1 unspecified atom stereocenters. The van der Waals surface area contributed by atoms with Crippen molar-refractivity contribution in [2.24, 2.45) is 7.05 Å². The molecule has 45 heavy (non-hydrogen) atoms. The van der Waals surface area contributed by atoms with Gasteiger partial charge in [-0.15, -0.1) is 0 Å². The lowest BCUT2D eigenvalue weighted by Crippen LogP contribution is -2.52. The van der Waals surface area contributed by atoms with Gasteiger partial charge in [-0.25, -0.2) is 0 Å². The fourth-order valence-electron chi connectivity index (χ4n) is 5.88. The Labute approximate surface area is 264 Å². The van der Waals surface area contributed by atoms with Gasteiger partial charge in [0.15, 0.2) is 0 Å². The van der Waals surface area contributed by atoms with Crippen molar-refractivity contribution in [3.8, 4) is 11.1 Å². The third kappa shape index (κ3) is 6.93. The Balaban J connectivity index is 1.35. The van der Waals surface area contributed by atoms with Gasteiger partial charge in [-0.2, -0.15) is 5.10 Å². The minimum Gasteiger partial charge on any atom is -0.336 e. The maximum Gasteiger partial charge on any atom is 0.247 e. The van der Waals surface area contributed by atoms with E-state index in [0.717, 1.165) is 45.5 Å². The predicted molar refractivity (Wildman–Crippen MR) is 177 cm³/mol. The fraction of sp³-hybridized carbons (Fsp3) is 0.211. The molecule has 0 fully saturated rings. The average Bonchev–Trinajstić information content (AvgIpc) is 3.41. The molecule has 0 bridgehead atoms. The minimum atomic E-state index is -0.690. The van der Waals surface area contributed by atoms with Gasteiger partial charge >= 0.3 is 0 Å². The van der Waals surface area contributed by atoms with Gasteiger partial charge in [-0.3, -0.25) is 19.3 Å². The van der Waals surface area contributed by atoms with Crippen molar-refractivity contribution in [2.75, 3.05) is 6.54 Å². The number of nitrogens with zero attached hydrogens (tertiary/aromatic N) is 5. The SMILES string of the molecule is Cc1c(C=CC(=O)N(Cc2ccc(-c3ccncc3)cc2)C(Cc2ccccc2)C(=O)N2CCc3ccccc3C2)cnn1C. The van der Waals surface area contributed by atoms with E-state index in [1.54, 1.807) is 40.3 Å². The van der Waals surface area contributed by atoms with Crippen LogP contribution in [0, 0.1) is 6.92 Å². The van der Waals surface area contributed by atoms with Crippen LogP contribution in [0.15, 0.2) is 116 Å². The van der Waals surface area contributed by atoms with Crippen molar-refractivity contribution >= 4 is 17.9 Å². The molecule has 3 heterocycles. The van der Waals surface area contributed by atoms with E-state index in [2.05, 4.69) is 34.3 Å². The van der Waals surface area contributed by atoms with Crippen LogP contribution >= 0.6 is 0 Å². The zero-order valence-electron chi connectivity index (χ0n) is 25.7. The third-order valence-electron chi connectivity index (χ3n) is 8.66. The van der Waals surface area contributed by atoms with Gasteiger partial charge in [0.2, 0.25) is 11.8 Å². The molecule has 0 aliphatic carbocycles. The lowest BCUT2D eigenvalue weighted by molar-refractivity contribution is -0.144. The molecule has 1 aliphatic rings. The topological polar surface area (TPSA) is 71.3 Å². The molecule has 1 atom stereocenters. The Hall–Kier alpha value is -5.30. The number of carbonyl (C=O) groups is 2. The van der Waals surface area contributed by atoms with Gasteiger partial charge in [0.05, 0.1) is 6.20 Å². The van der Waals surface area contributed by atoms with E-state index >= 15 is 0 Å². The summed E-state index contributed by atoms with van der Waals surface area (Å²) in [5, 5.41) is 4.31. The van der Waals surface area contributed by atoms with Crippen LogP contribution < -0.4 is 0 Å². The second-order valence-corrected chi connectivity index (χ2v) is 11.5. The van der Waals surface area contributed by atoms with Crippen molar-refractivity contribution < 1.29 is 9.59 Å². The van der Waals surface area contributed by atoms with Crippen LogP contribution in [0.1, 0.15) is 33.5 Å². The lowest BCUT2D eigenvalue weighted by Gasteiger charge is -2.37. The predicted octanol–water partition coefficient (Wildman–Crippen LogP) is 6.03.